The fraction of sp³-hybridized carbons (Fsp3) is 1.00. The van der Waals surface area contributed by atoms with Gasteiger partial charge in [-0.2, -0.15) is 4.89 Å². The molecule has 2 rings (SSSR count). The van der Waals surface area contributed by atoms with Crippen molar-refractivity contribution in [2.75, 3.05) is 20.0 Å². The molecule has 0 N–H and O–H groups in total. The summed E-state index contributed by atoms with van der Waals surface area (Å²) in [6.45, 7) is 16.0. The summed E-state index contributed by atoms with van der Waals surface area (Å²) in [6.07, 6.45) is 2.18. The molecular formula is C19H36O8. The summed E-state index contributed by atoms with van der Waals surface area (Å²) >= 11 is 0. The van der Waals surface area contributed by atoms with Crippen LogP contribution in [-0.4, -0.2) is 48.6 Å². The maximum atomic E-state index is 6.13. The number of hydrogen-bond donors (Lipinski definition) is 0. The summed E-state index contributed by atoms with van der Waals surface area (Å²) in [7, 11) is 0. The zero-order valence-corrected chi connectivity index (χ0v) is 18.0. The van der Waals surface area contributed by atoms with Gasteiger partial charge in [-0.05, 0) is 53.9 Å². The van der Waals surface area contributed by atoms with E-state index in [1.54, 1.807) is 0 Å². The highest BCUT2D eigenvalue weighted by molar-refractivity contribution is 4.97. The molecule has 2 fully saturated rings. The van der Waals surface area contributed by atoms with E-state index in [4.69, 9.17) is 38.5 Å². The van der Waals surface area contributed by atoms with E-state index >= 15 is 0 Å². The van der Waals surface area contributed by atoms with E-state index in [1.165, 1.54) is 0 Å². The maximum absolute atomic E-state index is 6.13. The van der Waals surface area contributed by atoms with Crippen LogP contribution in [0, 0.1) is 0 Å². The Kier molecular flexibility index (Phi) is 6.97. The third-order valence-electron chi connectivity index (χ3n) is 5.76. The fourth-order valence-corrected chi connectivity index (χ4v) is 3.30. The average Bonchev–Trinajstić information content (AvgIpc) is 3.04. The smallest absolute Gasteiger partial charge is 0.200 e. The molecule has 0 aromatic rings. The lowest BCUT2D eigenvalue weighted by atomic mass is 9.94. The molecule has 0 spiro atoms. The molecular weight excluding hydrogens is 356 g/mol. The van der Waals surface area contributed by atoms with Gasteiger partial charge in [-0.15, -0.1) is 0 Å². The molecule has 0 aromatic carbocycles. The molecule has 0 bridgehead atoms. The van der Waals surface area contributed by atoms with Crippen LogP contribution in [0.3, 0.4) is 0 Å². The monoisotopic (exact) mass is 392 g/mol. The lowest BCUT2D eigenvalue weighted by Crippen LogP contribution is -2.49. The quantitative estimate of drug-likeness (QED) is 0.240. The van der Waals surface area contributed by atoms with Crippen LogP contribution in [0.2, 0.25) is 0 Å². The Hall–Kier alpha value is -0.320. The largest absolute Gasteiger partial charge is 0.347 e. The first-order valence-electron chi connectivity index (χ1n) is 9.76. The summed E-state index contributed by atoms with van der Waals surface area (Å²) in [6, 6.07) is 0. The third-order valence-corrected chi connectivity index (χ3v) is 5.76. The van der Waals surface area contributed by atoms with Crippen molar-refractivity contribution in [3.63, 3.8) is 0 Å². The first-order valence-corrected chi connectivity index (χ1v) is 9.76. The zero-order valence-electron chi connectivity index (χ0n) is 18.0. The van der Waals surface area contributed by atoms with Crippen molar-refractivity contribution in [2.24, 2.45) is 0 Å². The summed E-state index contributed by atoms with van der Waals surface area (Å²) in [5.74, 6) is -2.25. The molecule has 0 radical (unpaired) electrons. The number of ether oxygens (including phenoxy) is 5. The third kappa shape index (κ3) is 5.00. The van der Waals surface area contributed by atoms with Crippen LogP contribution >= 0.6 is 0 Å². The first kappa shape index (κ1) is 23.0. The van der Waals surface area contributed by atoms with Gasteiger partial charge in [0.1, 0.15) is 17.8 Å². The van der Waals surface area contributed by atoms with Crippen LogP contribution < -0.4 is 0 Å². The Labute approximate surface area is 162 Å². The van der Waals surface area contributed by atoms with Crippen molar-refractivity contribution in [2.45, 2.75) is 103 Å². The summed E-state index contributed by atoms with van der Waals surface area (Å²) in [4.78, 5) is 10.1. The second kappa shape index (κ2) is 8.20. The van der Waals surface area contributed by atoms with Gasteiger partial charge in [-0.3, -0.25) is 0 Å². The Morgan fingerprint density at radius 3 is 2.00 bits per heavy atom. The van der Waals surface area contributed by atoms with Gasteiger partial charge in [0.15, 0.2) is 24.2 Å². The summed E-state index contributed by atoms with van der Waals surface area (Å²) in [5.41, 5.74) is -1.19. The minimum Gasteiger partial charge on any atom is -0.347 e. The van der Waals surface area contributed by atoms with Crippen LogP contribution in [0.1, 0.15) is 74.7 Å². The van der Waals surface area contributed by atoms with Gasteiger partial charge in [-0.1, -0.05) is 25.8 Å². The van der Waals surface area contributed by atoms with E-state index in [9.17, 15) is 0 Å². The van der Waals surface area contributed by atoms with Crippen molar-refractivity contribution in [3.8, 4) is 0 Å². The van der Waals surface area contributed by atoms with E-state index in [0.29, 0.717) is 13.0 Å². The minimum absolute atomic E-state index is 0.167. The van der Waals surface area contributed by atoms with E-state index in [2.05, 4.69) is 0 Å². The zero-order chi connectivity index (χ0) is 20.4. The molecule has 0 amide bonds. The van der Waals surface area contributed by atoms with Crippen molar-refractivity contribution in [3.05, 3.63) is 0 Å². The van der Waals surface area contributed by atoms with Crippen LogP contribution in [0.5, 0.6) is 0 Å². The number of hydrogen-bond acceptors (Lipinski definition) is 8. The van der Waals surface area contributed by atoms with Gasteiger partial charge in [0.25, 0.3) is 0 Å². The molecule has 27 heavy (non-hydrogen) atoms. The predicted molar refractivity (Wildman–Crippen MR) is 96.2 cm³/mol. The Morgan fingerprint density at radius 1 is 0.778 bits per heavy atom. The van der Waals surface area contributed by atoms with Gasteiger partial charge in [0, 0.05) is 0 Å². The van der Waals surface area contributed by atoms with Gasteiger partial charge >= 0.3 is 0 Å². The lowest BCUT2D eigenvalue weighted by Gasteiger charge is -2.35. The van der Waals surface area contributed by atoms with Crippen LogP contribution in [0.4, 0.5) is 0 Å². The normalized spacial score (nSPS) is 44.9. The molecule has 5 unspecified atom stereocenters. The first-order chi connectivity index (χ1) is 12.5. The standard InChI is InChI=1S/C19H36O8/c1-9-16(5)19(8,26-18(7,11-3)25-16)21-14-23-27-22-13-15(4)12-20-17(6,10-2)24-15/h9-14H2,1-8H3. The predicted octanol–water partition coefficient (Wildman–Crippen LogP) is 3.83. The Bertz CT molecular complexity index is 504. The molecule has 2 aliphatic rings. The van der Waals surface area contributed by atoms with Crippen molar-refractivity contribution >= 4 is 0 Å². The Balaban J connectivity index is 1.74. The average molecular weight is 392 g/mol. The molecule has 5 atom stereocenters. The molecule has 160 valence electrons. The van der Waals surface area contributed by atoms with Crippen LogP contribution in [0.25, 0.3) is 0 Å². The highest BCUT2D eigenvalue weighted by Crippen LogP contribution is 2.47. The SMILES string of the molecule is CCC1(C)OCC(C)(COOOCOC2(C)OC(C)(CC)OC2(C)CC)O1. The molecule has 2 aliphatic heterocycles. The van der Waals surface area contributed by atoms with Gasteiger partial charge < -0.3 is 23.7 Å². The van der Waals surface area contributed by atoms with E-state index in [0.717, 1.165) is 12.8 Å². The van der Waals surface area contributed by atoms with Crippen LogP contribution in [0.15, 0.2) is 0 Å². The van der Waals surface area contributed by atoms with Gasteiger partial charge in [-0.25, -0.2) is 4.89 Å². The molecule has 0 saturated carbocycles. The summed E-state index contributed by atoms with van der Waals surface area (Å²) in [5, 5.41) is 4.79. The van der Waals surface area contributed by atoms with E-state index in [1.807, 2.05) is 55.4 Å². The summed E-state index contributed by atoms with van der Waals surface area (Å²) < 4.78 is 29.6. The van der Waals surface area contributed by atoms with Crippen LogP contribution in [-0.2, 0) is 38.5 Å². The molecule has 2 saturated heterocycles. The maximum Gasteiger partial charge on any atom is 0.200 e. The van der Waals surface area contributed by atoms with E-state index in [-0.39, 0.29) is 13.4 Å². The fourth-order valence-electron chi connectivity index (χ4n) is 3.30. The topological polar surface area (TPSA) is 73.8 Å². The van der Waals surface area contributed by atoms with Crippen molar-refractivity contribution < 1.29 is 38.5 Å². The van der Waals surface area contributed by atoms with Gasteiger partial charge in [0.2, 0.25) is 0 Å². The van der Waals surface area contributed by atoms with Gasteiger partial charge in [0.05, 0.1) is 6.61 Å². The lowest BCUT2D eigenvalue weighted by molar-refractivity contribution is -0.540. The molecule has 8 heteroatoms. The van der Waals surface area contributed by atoms with Crippen molar-refractivity contribution in [1.82, 2.24) is 0 Å². The Morgan fingerprint density at radius 2 is 1.44 bits per heavy atom. The molecule has 0 aliphatic carbocycles. The second-order valence-electron chi connectivity index (χ2n) is 8.26. The molecule has 8 nitrogen and oxygen atoms in total. The molecule has 2 heterocycles. The highest BCUT2D eigenvalue weighted by atomic mass is 17.5. The highest BCUT2D eigenvalue weighted by Gasteiger charge is 2.59. The molecule has 0 aromatic heterocycles. The van der Waals surface area contributed by atoms with E-state index < -0.39 is 28.6 Å². The second-order valence-corrected chi connectivity index (χ2v) is 8.26. The van der Waals surface area contributed by atoms with Crippen molar-refractivity contribution in [1.29, 1.82) is 0 Å². The minimum atomic E-state index is -0.965. The number of rotatable bonds is 10.